The van der Waals surface area contributed by atoms with Crippen LogP contribution in [0.4, 0.5) is 0 Å². The molecule has 2 aromatic rings. The molecule has 6 nitrogen and oxygen atoms in total. The average Bonchev–Trinajstić information content (AvgIpc) is 3.21. The Morgan fingerprint density at radius 2 is 1.94 bits per heavy atom. The summed E-state index contributed by atoms with van der Waals surface area (Å²) in [6.07, 6.45) is 0. The van der Waals surface area contributed by atoms with Gasteiger partial charge in [0, 0.05) is 10.4 Å². The van der Waals surface area contributed by atoms with Crippen molar-refractivity contribution in [2.45, 2.75) is 46.1 Å². The van der Waals surface area contributed by atoms with Gasteiger partial charge in [0.15, 0.2) is 0 Å². The first-order valence-electron chi connectivity index (χ1n) is 11.0. The lowest BCUT2D eigenvalue weighted by Crippen LogP contribution is -2.41. The van der Waals surface area contributed by atoms with Gasteiger partial charge in [-0.3, -0.25) is 4.79 Å². The first-order chi connectivity index (χ1) is 16.2. The van der Waals surface area contributed by atoms with Crippen LogP contribution in [0.1, 0.15) is 49.6 Å². The number of nitriles is 1. The summed E-state index contributed by atoms with van der Waals surface area (Å²) < 4.78 is 5.45. The van der Waals surface area contributed by atoms with Gasteiger partial charge in [-0.25, -0.2) is 4.79 Å². The lowest BCUT2D eigenvalue weighted by atomic mass is 9.84. The highest BCUT2D eigenvalue weighted by molar-refractivity contribution is 8.03. The lowest BCUT2D eigenvalue weighted by molar-refractivity contribution is -0.138. The van der Waals surface area contributed by atoms with E-state index in [1.165, 1.54) is 23.1 Å². The van der Waals surface area contributed by atoms with E-state index in [1.807, 2.05) is 69.5 Å². The zero-order valence-electron chi connectivity index (χ0n) is 20.0. The third kappa shape index (κ3) is 5.91. The van der Waals surface area contributed by atoms with Crippen molar-refractivity contribution in [3.05, 3.63) is 74.0 Å². The SMILES string of the molecule is CCOC(=O)C1=C(c2ccccc2)NC(SCC(=O)NC(C)(C)C)=C(C#N)[C@@H]1c1sccc1C. The second kappa shape index (κ2) is 10.9. The Bertz CT molecular complexity index is 1170. The lowest BCUT2D eigenvalue weighted by Gasteiger charge is -2.30. The first-order valence-corrected chi connectivity index (χ1v) is 12.9. The molecule has 178 valence electrons. The topological polar surface area (TPSA) is 91.2 Å². The van der Waals surface area contributed by atoms with Gasteiger partial charge in [-0.2, -0.15) is 5.26 Å². The summed E-state index contributed by atoms with van der Waals surface area (Å²) in [6.45, 7) is 9.72. The fourth-order valence-corrected chi connectivity index (χ4v) is 5.58. The minimum Gasteiger partial charge on any atom is -0.463 e. The molecule has 0 bridgehead atoms. The number of carbonyl (C=O) groups is 2. The summed E-state index contributed by atoms with van der Waals surface area (Å²) in [5.41, 5.74) is 2.84. The molecule has 34 heavy (non-hydrogen) atoms. The molecule has 1 aliphatic heterocycles. The molecule has 1 aromatic heterocycles. The number of benzene rings is 1. The molecule has 1 amide bonds. The van der Waals surface area contributed by atoms with E-state index in [9.17, 15) is 14.9 Å². The fraction of sp³-hybridized carbons (Fsp3) is 0.346. The van der Waals surface area contributed by atoms with Gasteiger partial charge >= 0.3 is 5.97 Å². The number of thioether (sulfide) groups is 1. The fourth-order valence-electron chi connectivity index (χ4n) is 3.69. The number of rotatable bonds is 7. The van der Waals surface area contributed by atoms with Crippen LogP contribution in [0.2, 0.25) is 0 Å². The van der Waals surface area contributed by atoms with Crippen molar-refractivity contribution in [1.29, 1.82) is 5.26 Å². The van der Waals surface area contributed by atoms with Crippen LogP contribution in [0, 0.1) is 18.3 Å². The van der Waals surface area contributed by atoms with E-state index in [2.05, 4.69) is 16.7 Å². The average molecular weight is 496 g/mol. The summed E-state index contributed by atoms with van der Waals surface area (Å²) in [4.78, 5) is 26.7. The van der Waals surface area contributed by atoms with E-state index < -0.39 is 11.9 Å². The van der Waals surface area contributed by atoms with Gasteiger partial charge in [-0.15, -0.1) is 11.3 Å². The predicted molar refractivity (Wildman–Crippen MR) is 138 cm³/mol. The molecule has 0 radical (unpaired) electrons. The molecule has 1 aromatic carbocycles. The number of carbonyl (C=O) groups excluding carboxylic acids is 2. The van der Waals surface area contributed by atoms with E-state index in [-0.39, 0.29) is 23.8 Å². The maximum absolute atomic E-state index is 13.3. The highest BCUT2D eigenvalue weighted by Crippen LogP contribution is 2.45. The summed E-state index contributed by atoms with van der Waals surface area (Å²) in [7, 11) is 0. The molecular weight excluding hydrogens is 466 g/mol. The first kappa shape index (κ1) is 25.6. The molecule has 0 aliphatic carbocycles. The van der Waals surface area contributed by atoms with E-state index >= 15 is 0 Å². The summed E-state index contributed by atoms with van der Waals surface area (Å²) in [5, 5.41) is 19.0. The highest BCUT2D eigenvalue weighted by Gasteiger charge is 2.38. The molecule has 2 heterocycles. The van der Waals surface area contributed by atoms with Crippen LogP contribution in [0.5, 0.6) is 0 Å². The maximum atomic E-state index is 13.3. The van der Waals surface area contributed by atoms with Crippen molar-refractivity contribution >= 4 is 40.7 Å². The molecule has 0 saturated carbocycles. The van der Waals surface area contributed by atoms with Crippen LogP contribution in [-0.2, 0) is 14.3 Å². The van der Waals surface area contributed by atoms with Crippen LogP contribution in [0.15, 0.2) is 58.0 Å². The zero-order valence-corrected chi connectivity index (χ0v) is 21.7. The number of hydrogen-bond acceptors (Lipinski definition) is 7. The molecule has 1 aliphatic rings. The summed E-state index contributed by atoms with van der Waals surface area (Å²) in [6, 6.07) is 13.8. The predicted octanol–water partition coefficient (Wildman–Crippen LogP) is 5.10. The van der Waals surface area contributed by atoms with Crippen LogP contribution in [0.3, 0.4) is 0 Å². The van der Waals surface area contributed by atoms with Gasteiger partial charge in [0.25, 0.3) is 0 Å². The molecule has 0 spiro atoms. The van der Waals surface area contributed by atoms with E-state index in [0.717, 1.165) is 16.0 Å². The quantitative estimate of drug-likeness (QED) is 0.519. The van der Waals surface area contributed by atoms with Crippen molar-refractivity contribution in [2.24, 2.45) is 0 Å². The van der Waals surface area contributed by atoms with Gasteiger partial charge in [-0.05, 0) is 57.2 Å². The summed E-state index contributed by atoms with van der Waals surface area (Å²) in [5.74, 6) is -1.05. The van der Waals surface area contributed by atoms with Gasteiger partial charge in [-0.1, -0.05) is 42.1 Å². The van der Waals surface area contributed by atoms with Crippen LogP contribution < -0.4 is 10.6 Å². The number of allylic oxidation sites excluding steroid dienone is 1. The molecule has 2 N–H and O–H groups in total. The number of hydrogen-bond donors (Lipinski definition) is 2. The van der Waals surface area contributed by atoms with Crippen LogP contribution in [0.25, 0.3) is 5.70 Å². The van der Waals surface area contributed by atoms with Crippen molar-refractivity contribution in [2.75, 3.05) is 12.4 Å². The van der Waals surface area contributed by atoms with Crippen molar-refractivity contribution in [3.8, 4) is 6.07 Å². The normalized spacial score (nSPS) is 16.1. The second-order valence-electron chi connectivity index (χ2n) is 8.84. The van der Waals surface area contributed by atoms with Crippen molar-refractivity contribution < 1.29 is 14.3 Å². The van der Waals surface area contributed by atoms with Gasteiger partial charge in [0.05, 0.1) is 46.2 Å². The Morgan fingerprint density at radius 1 is 1.24 bits per heavy atom. The van der Waals surface area contributed by atoms with Crippen LogP contribution in [-0.4, -0.2) is 29.8 Å². The summed E-state index contributed by atoms with van der Waals surface area (Å²) >= 11 is 2.77. The Hall–Kier alpha value is -3.02. The third-order valence-electron chi connectivity index (χ3n) is 5.03. The number of thiophene rings is 1. The van der Waals surface area contributed by atoms with Gasteiger partial charge in [0.1, 0.15) is 0 Å². The Balaban J connectivity index is 2.14. The Labute approximate surface area is 209 Å². The number of dihydropyridines is 1. The molecular formula is C26H29N3O3S2. The molecule has 3 rings (SSSR count). The number of ether oxygens (including phenoxy) is 1. The smallest absolute Gasteiger partial charge is 0.337 e. The highest BCUT2D eigenvalue weighted by atomic mass is 32.2. The largest absolute Gasteiger partial charge is 0.463 e. The second-order valence-corrected chi connectivity index (χ2v) is 10.8. The number of aryl methyl sites for hydroxylation is 1. The Kier molecular flexibility index (Phi) is 8.24. The number of esters is 1. The van der Waals surface area contributed by atoms with Crippen LogP contribution >= 0.6 is 23.1 Å². The Morgan fingerprint density at radius 3 is 2.50 bits per heavy atom. The maximum Gasteiger partial charge on any atom is 0.337 e. The molecule has 0 saturated heterocycles. The van der Waals surface area contributed by atoms with Crippen molar-refractivity contribution in [1.82, 2.24) is 10.6 Å². The van der Waals surface area contributed by atoms with E-state index in [4.69, 9.17) is 4.74 Å². The minimum absolute atomic E-state index is 0.130. The standard InChI is InChI=1S/C26H29N3O3S2/c1-6-32-25(31)21-20(23-16(2)12-13-33-23)18(14-27)24(34-15-19(30)29-26(3,4)5)28-22(21)17-10-8-7-9-11-17/h7-13,20,28H,6,15H2,1-5H3,(H,29,30)/t20-/m0/s1. The van der Waals surface area contributed by atoms with Gasteiger partial charge in [0.2, 0.25) is 5.91 Å². The molecule has 8 heteroatoms. The number of nitrogens with zero attached hydrogens (tertiary/aromatic N) is 1. The number of nitrogens with one attached hydrogen (secondary N) is 2. The minimum atomic E-state index is -0.589. The molecule has 1 atom stereocenters. The van der Waals surface area contributed by atoms with E-state index in [0.29, 0.717) is 21.9 Å². The molecule has 0 fully saturated rings. The van der Waals surface area contributed by atoms with Gasteiger partial charge < -0.3 is 15.4 Å². The molecule has 0 unspecified atom stereocenters. The third-order valence-corrected chi connectivity index (χ3v) is 7.13. The van der Waals surface area contributed by atoms with Crippen molar-refractivity contribution in [3.63, 3.8) is 0 Å². The van der Waals surface area contributed by atoms with E-state index in [1.54, 1.807) is 6.92 Å². The number of amides is 1. The zero-order chi connectivity index (χ0) is 24.9. The monoisotopic (exact) mass is 495 g/mol.